The maximum absolute atomic E-state index is 5.38. The lowest BCUT2D eigenvalue weighted by molar-refractivity contribution is -0.202. The molecule has 0 amide bonds. The average molecular weight is 213 g/mol. The fourth-order valence-electron chi connectivity index (χ4n) is 2.13. The van der Waals surface area contributed by atoms with E-state index in [0.717, 1.165) is 26.1 Å². The second-order valence-electron chi connectivity index (χ2n) is 4.10. The summed E-state index contributed by atoms with van der Waals surface area (Å²) >= 11 is 0. The van der Waals surface area contributed by atoms with Gasteiger partial charge in [0.1, 0.15) is 0 Å². The molecule has 1 atom stereocenters. The average Bonchev–Trinajstić information content (AvgIpc) is 2.83. The van der Waals surface area contributed by atoms with Gasteiger partial charge < -0.3 is 19.5 Å². The predicted molar refractivity (Wildman–Crippen MR) is 56.4 cm³/mol. The lowest BCUT2D eigenvalue weighted by Gasteiger charge is -2.35. The number of ether oxygens (including phenoxy) is 3. The second kappa shape index (κ2) is 4.51. The second-order valence-corrected chi connectivity index (χ2v) is 4.10. The van der Waals surface area contributed by atoms with E-state index in [4.69, 9.17) is 14.2 Å². The van der Waals surface area contributed by atoms with Gasteiger partial charge in [-0.15, -0.1) is 0 Å². The summed E-state index contributed by atoms with van der Waals surface area (Å²) in [5, 5.41) is 3.38. The number of methoxy groups -OCH3 is 2. The molecule has 15 heavy (non-hydrogen) atoms. The summed E-state index contributed by atoms with van der Waals surface area (Å²) in [5.74, 6) is 0.0554. The first kappa shape index (κ1) is 10.9. The molecule has 1 unspecified atom stereocenters. The van der Waals surface area contributed by atoms with Gasteiger partial charge >= 0.3 is 0 Å². The van der Waals surface area contributed by atoms with Crippen molar-refractivity contribution in [3.8, 4) is 0 Å². The fraction of sp³-hybridized carbons (Fsp3) is 0.818. The minimum Gasteiger partial charge on any atom is -0.383 e. The summed E-state index contributed by atoms with van der Waals surface area (Å²) < 4.78 is 16.1. The van der Waals surface area contributed by atoms with Crippen LogP contribution in [0.4, 0.5) is 0 Å². The van der Waals surface area contributed by atoms with Crippen LogP contribution in [0.1, 0.15) is 12.8 Å². The first-order valence-corrected chi connectivity index (χ1v) is 5.41. The van der Waals surface area contributed by atoms with Crippen LogP contribution < -0.4 is 5.32 Å². The molecule has 1 N–H and O–H groups in total. The van der Waals surface area contributed by atoms with Crippen LogP contribution in [0.3, 0.4) is 0 Å². The van der Waals surface area contributed by atoms with E-state index in [-0.39, 0.29) is 0 Å². The fourth-order valence-corrected chi connectivity index (χ4v) is 2.13. The Morgan fingerprint density at radius 3 is 2.73 bits per heavy atom. The Morgan fingerprint density at radius 1 is 1.47 bits per heavy atom. The van der Waals surface area contributed by atoms with Gasteiger partial charge in [0.05, 0.1) is 13.2 Å². The summed E-state index contributed by atoms with van der Waals surface area (Å²) in [6.07, 6.45) is 4.10. The van der Waals surface area contributed by atoms with Gasteiger partial charge in [-0.05, 0) is 6.42 Å². The van der Waals surface area contributed by atoms with Crippen LogP contribution in [-0.4, -0.2) is 39.8 Å². The zero-order chi connectivity index (χ0) is 10.7. The van der Waals surface area contributed by atoms with E-state index in [1.54, 1.807) is 14.2 Å². The van der Waals surface area contributed by atoms with Crippen LogP contribution >= 0.6 is 0 Å². The highest BCUT2D eigenvalue weighted by molar-refractivity contribution is 5.12. The van der Waals surface area contributed by atoms with Gasteiger partial charge in [-0.1, -0.05) is 6.08 Å². The van der Waals surface area contributed by atoms with E-state index < -0.39 is 5.79 Å². The van der Waals surface area contributed by atoms with Gasteiger partial charge in [0.15, 0.2) is 5.79 Å². The zero-order valence-electron chi connectivity index (χ0n) is 9.41. The number of nitrogens with one attached hydrogen (secondary N) is 1. The third-order valence-electron chi connectivity index (χ3n) is 3.31. The lowest BCUT2D eigenvalue weighted by Crippen LogP contribution is -2.47. The van der Waals surface area contributed by atoms with Crippen LogP contribution in [0.5, 0.6) is 0 Å². The van der Waals surface area contributed by atoms with Crippen molar-refractivity contribution in [3.05, 3.63) is 11.8 Å². The molecule has 4 heteroatoms. The summed E-state index contributed by atoms with van der Waals surface area (Å²) in [5.41, 5.74) is 1.29. The minimum atomic E-state index is -0.483. The molecule has 0 aromatic heterocycles. The lowest BCUT2D eigenvalue weighted by atomic mass is 9.98. The van der Waals surface area contributed by atoms with E-state index in [2.05, 4.69) is 11.4 Å². The molecule has 86 valence electrons. The van der Waals surface area contributed by atoms with Gasteiger partial charge in [-0.3, -0.25) is 0 Å². The van der Waals surface area contributed by atoms with Gasteiger partial charge in [-0.2, -0.15) is 0 Å². The van der Waals surface area contributed by atoms with Crippen LogP contribution in [0, 0.1) is 5.92 Å². The Kier molecular flexibility index (Phi) is 3.29. The smallest absolute Gasteiger partial charge is 0.188 e. The van der Waals surface area contributed by atoms with Crippen molar-refractivity contribution in [2.24, 2.45) is 5.92 Å². The van der Waals surface area contributed by atoms with Crippen LogP contribution in [0.15, 0.2) is 11.8 Å². The molecular formula is C11H19NO3. The van der Waals surface area contributed by atoms with Gasteiger partial charge in [-0.25, -0.2) is 0 Å². The standard InChI is InChI=1S/C11H19NO3/c1-13-11(14-2)5-3-10(12-8-11)9-4-6-15-7-9/h3,9,12H,4-8H2,1-2H3. The molecular weight excluding hydrogens is 194 g/mol. The maximum Gasteiger partial charge on any atom is 0.188 e. The molecule has 0 aromatic carbocycles. The summed E-state index contributed by atoms with van der Waals surface area (Å²) in [6.45, 7) is 2.43. The van der Waals surface area contributed by atoms with Crippen molar-refractivity contribution >= 4 is 0 Å². The van der Waals surface area contributed by atoms with Crippen molar-refractivity contribution in [2.45, 2.75) is 18.6 Å². The number of hydrogen-bond acceptors (Lipinski definition) is 4. The molecule has 2 aliphatic rings. The molecule has 1 fully saturated rings. The molecule has 0 bridgehead atoms. The monoisotopic (exact) mass is 213 g/mol. The normalized spacial score (nSPS) is 29.7. The number of hydrogen-bond donors (Lipinski definition) is 1. The van der Waals surface area contributed by atoms with Crippen molar-refractivity contribution < 1.29 is 14.2 Å². The maximum atomic E-state index is 5.38. The van der Waals surface area contributed by atoms with Crippen LogP contribution in [0.2, 0.25) is 0 Å². The van der Waals surface area contributed by atoms with Crippen LogP contribution in [0.25, 0.3) is 0 Å². The Hall–Kier alpha value is -0.580. The zero-order valence-corrected chi connectivity index (χ0v) is 9.41. The van der Waals surface area contributed by atoms with Gasteiger partial charge in [0.25, 0.3) is 0 Å². The van der Waals surface area contributed by atoms with Crippen LogP contribution in [-0.2, 0) is 14.2 Å². The summed E-state index contributed by atoms with van der Waals surface area (Å²) in [7, 11) is 3.37. The molecule has 1 saturated heterocycles. The Morgan fingerprint density at radius 2 is 2.27 bits per heavy atom. The molecule has 0 aromatic rings. The summed E-state index contributed by atoms with van der Waals surface area (Å²) in [6, 6.07) is 0. The van der Waals surface area contributed by atoms with E-state index in [9.17, 15) is 0 Å². The molecule has 0 saturated carbocycles. The van der Waals surface area contributed by atoms with E-state index in [1.807, 2.05) is 0 Å². The third kappa shape index (κ3) is 2.17. The van der Waals surface area contributed by atoms with Crippen molar-refractivity contribution in [3.63, 3.8) is 0 Å². The first-order chi connectivity index (χ1) is 7.29. The number of rotatable bonds is 3. The van der Waals surface area contributed by atoms with Crippen molar-refractivity contribution in [1.82, 2.24) is 5.32 Å². The van der Waals surface area contributed by atoms with E-state index in [1.165, 1.54) is 5.70 Å². The molecule has 0 aliphatic carbocycles. The highest BCUT2D eigenvalue weighted by Gasteiger charge is 2.33. The topological polar surface area (TPSA) is 39.7 Å². The highest BCUT2D eigenvalue weighted by Crippen LogP contribution is 2.27. The predicted octanol–water partition coefficient (Wildman–Crippen LogP) is 0.889. The highest BCUT2D eigenvalue weighted by atomic mass is 16.7. The summed E-state index contributed by atoms with van der Waals surface area (Å²) in [4.78, 5) is 0. The van der Waals surface area contributed by atoms with E-state index in [0.29, 0.717) is 12.5 Å². The molecule has 0 spiro atoms. The Labute approximate surface area is 90.6 Å². The molecule has 4 nitrogen and oxygen atoms in total. The van der Waals surface area contributed by atoms with Crippen molar-refractivity contribution in [2.75, 3.05) is 34.0 Å². The Balaban J connectivity index is 1.98. The molecule has 2 heterocycles. The SMILES string of the molecule is COC1(OC)CC=C(C2CCOC2)NC1. The van der Waals surface area contributed by atoms with Gasteiger partial charge in [0, 0.05) is 38.9 Å². The van der Waals surface area contributed by atoms with Gasteiger partial charge in [0.2, 0.25) is 0 Å². The van der Waals surface area contributed by atoms with E-state index >= 15 is 0 Å². The molecule has 0 radical (unpaired) electrons. The minimum absolute atomic E-state index is 0.483. The molecule has 2 rings (SSSR count). The largest absolute Gasteiger partial charge is 0.383 e. The first-order valence-electron chi connectivity index (χ1n) is 5.41. The molecule has 2 aliphatic heterocycles. The quantitative estimate of drug-likeness (QED) is 0.707. The third-order valence-corrected chi connectivity index (χ3v) is 3.31. The Bertz CT molecular complexity index is 242. The van der Waals surface area contributed by atoms with Crippen molar-refractivity contribution in [1.29, 1.82) is 0 Å².